The van der Waals surface area contributed by atoms with Crippen LogP contribution in [0.1, 0.15) is 27.4 Å². The zero-order chi connectivity index (χ0) is 14.9. The maximum absolute atomic E-state index is 12.1. The molecule has 2 heterocycles. The molecule has 0 saturated carbocycles. The molecule has 0 aliphatic carbocycles. The van der Waals surface area contributed by atoms with Gasteiger partial charge in [0.15, 0.2) is 0 Å². The van der Waals surface area contributed by atoms with Crippen LogP contribution in [0.5, 0.6) is 0 Å². The first-order valence-corrected chi connectivity index (χ1v) is 9.05. The topological polar surface area (TPSA) is 92.5 Å². The Balaban J connectivity index is 1.91. The van der Waals surface area contributed by atoms with Gasteiger partial charge in [-0.1, -0.05) is 0 Å². The molecule has 1 aromatic heterocycles. The van der Waals surface area contributed by atoms with Crippen molar-refractivity contribution in [3.63, 3.8) is 0 Å². The van der Waals surface area contributed by atoms with E-state index in [0.29, 0.717) is 36.5 Å². The van der Waals surface area contributed by atoms with Crippen molar-refractivity contribution in [3.05, 3.63) is 15.8 Å². The summed E-state index contributed by atoms with van der Waals surface area (Å²) in [6.45, 7) is 2.78. The highest BCUT2D eigenvalue weighted by Gasteiger charge is 2.26. The number of piperidine rings is 1. The number of nitrogens with one attached hydrogen (secondary N) is 1. The van der Waals surface area contributed by atoms with E-state index in [-0.39, 0.29) is 11.9 Å². The molecule has 1 aromatic rings. The number of nitrogens with two attached hydrogens (primary N) is 1. The van der Waals surface area contributed by atoms with Crippen LogP contribution in [0.15, 0.2) is 6.07 Å². The molecule has 0 spiro atoms. The quantitative estimate of drug-likeness (QED) is 0.862. The van der Waals surface area contributed by atoms with Crippen molar-refractivity contribution in [1.29, 1.82) is 0 Å². The van der Waals surface area contributed by atoms with Crippen molar-refractivity contribution >= 4 is 33.0 Å². The Kier molecular flexibility index (Phi) is 4.36. The van der Waals surface area contributed by atoms with Crippen molar-refractivity contribution in [1.82, 2.24) is 9.62 Å². The number of carbonyl (C=O) groups excluding carboxylic acids is 1. The Morgan fingerprint density at radius 1 is 1.45 bits per heavy atom. The second-order valence-corrected chi connectivity index (χ2v) is 8.27. The normalized spacial score (nSPS) is 18.1. The molecule has 0 unspecified atom stereocenters. The fourth-order valence-corrected chi connectivity index (χ4v) is 3.91. The number of hydrogen-bond donors (Lipinski definition) is 2. The lowest BCUT2D eigenvalue weighted by Crippen LogP contribution is -2.46. The van der Waals surface area contributed by atoms with Crippen LogP contribution in [-0.2, 0) is 10.0 Å². The van der Waals surface area contributed by atoms with Gasteiger partial charge in [0.1, 0.15) is 0 Å². The van der Waals surface area contributed by atoms with Crippen LogP contribution in [0.2, 0.25) is 0 Å². The summed E-state index contributed by atoms with van der Waals surface area (Å²) in [7, 11) is -3.13. The van der Waals surface area contributed by atoms with Gasteiger partial charge in [-0.2, -0.15) is 0 Å². The minimum Gasteiger partial charge on any atom is -0.398 e. The van der Waals surface area contributed by atoms with Gasteiger partial charge in [0.05, 0.1) is 11.1 Å². The number of nitrogens with zero attached hydrogens (tertiary/aromatic N) is 1. The lowest BCUT2D eigenvalue weighted by atomic mass is 10.1. The van der Waals surface area contributed by atoms with E-state index in [4.69, 9.17) is 5.73 Å². The minimum atomic E-state index is -3.13. The molecule has 8 heteroatoms. The molecule has 20 heavy (non-hydrogen) atoms. The monoisotopic (exact) mass is 317 g/mol. The van der Waals surface area contributed by atoms with Crippen molar-refractivity contribution in [2.75, 3.05) is 25.1 Å². The highest BCUT2D eigenvalue weighted by atomic mass is 32.2. The van der Waals surface area contributed by atoms with Crippen LogP contribution in [0, 0.1) is 6.92 Å². The largest absolute Gasteiger partial charge is 0.398 e. The Labute approximate surface area is 123 Å². The molecule has 1 fully saturated rings. The first-order valence-electron chi connectivity index (χ1n) is 6.39. The zero-order valence-corrected chi connectivity index (χ0v) is 13.2. The second-order valence-electron chi connectivity index (χ2n) is 5.03. The van der Waals surface area contributed by atoms with Crippen LogP contribution >= 0.6 is 11.3 Å². The molecule has 112 valence electrons. The molecular weight excluding hydrogens is 298 g/mol. The Hall–Kier alpha value is -1.12. The first kappa shape index (κ1) is 15.3. The predicted molar refractivity (Wildman–Crippen MR) is 80.4 cm³/mol. The molecule has 1 saturated heterocycles. The Bertz CT molecular complexity index is 582. The number of nitrogen functional groups attached to an aromatic ring is 1. The van der Waals surface area contributed by atoms with Gasteiger partial charge in [-0.05, 0) is 25.8 Å². The molecule has 1 amide bonds. The Morgan fingerprint density at radius 3 is 2.50 bits per heavy atom. The number of thiophene rings is 1. The van der Waals surface area contributed by atoms with Gasteiger partial charge < -0.3 is 11.1 Å². The van der Waals surface area contributed by atoms with E-state index in [1.807, 2.05) is 6.92 Å². The molecule has 2 rings (SSSR count). The van der Waals surface area contributed by atoms with E-state index in [1.54, 1.807) is 6.07 Å². The third kappa shape index (κ3) is 3.50. The summed E-state index contributed by atoms with van der Waals surface area (Å²) in [4.78, 5) is 13.6. The van der Waals surface area contributed by atoms with E-state index >= 15 is 0 Å². The molecule has 1 aliphatic rings. The van der Waals surface area contributed by atoms with Crippen molar-refractivity contribution in [2.24, 2.45) is 0 Å². The smallest absolute Gasteiger partial charge is 0.261 e. The van der Waals surface area contributed by atoms with Crippen molar-refractivity contribution in [2.45, 2.75) is 25.8 Å². The van der Waals surface area contributed by atoms with Gasteiger partial charge in [0.2, 0.25) is 10.0 Å². The van der Waals surface area contributed by atoms with Gasteiger partial charge in [-0.15, -0.1) is 11.3 Å². The average molecular weight is 317 g/mol. The summed E-state index contributed by atoms with van der Waals surface area (Å²) in [6.07, 6.45) is 2.49. The fourth-order valence-electron chi connectivity index (χ4n) is 2.20. The molecule has 6 nitrogen and oxygen atoms in total. The van der Waals surface area contributed by atoms with Crippen molar-refractivity contribution < 1.29 is 13.2 Å². The van der Waals surface area contributed by atoms with E-state index in [9.17, 15) is 13.2 Å². The van der Waals surface area contributed by atoms with Gasteiger partial charge >= 0.3 is 0 Å². The Morgan fingerprint density at radius 2 is 2.05 bits per heavy atom. The molecular formula is C12H19N3O3S2. The standard InChI is InChI=1S/C12H19N3O3S2/c1-8-10(13)7-11(19-8)12(16)14-9-3-5-15(6-4-9)20(2,17)18/h7,9H,3-6,13H2,1-2H3,(H,14,16). The number of aryl methyl sites for hydroxylation is 1. The highest BCUT2D eigenvalue weighted by molar-refractivity contribution is 7.88. The number of carbonyl (C=O) groups is 1. The van der Waals surface area contributed by atoms with E-state index in [1.165, 1.54) is 21.9 Å². The number of anilines is 1. The van der Waals surface area contributed by atoms with E-state index in [2.05, 4.69) is 5.32 Å². The third-order valence-corrected chi connectivity index (χ3v) is 5.81. The lowest BCUT2D eigenvalue weighted by Gasteiger charge is -2.30. The predicted octanol–water partition coefficient (Wildman–Crippen LogP) is 0.793. The minimum absolute atomic E-state index is 0.0177. The summed E-state index contributed by atoms with van der Waals surface area (Å²) in [6, 6.07) is 1.70. The van der Waals surface area contributed by atoms with Gasteiger partial charge in [-0.3, -0.25) is 4.79 Å². The maximum Gasteiger partial charge on any atom is 0.261 e. The van der Waals surface area contributed by atoms with Gasteiger partial charge in [-0.25, -0.2) is 12.7 Å². The molecule has 1 aliphatic heterocycles. The number of sulfonamides is 1. The molecule has 3 N–H and O–H groups in total. The van der Waals surface area contributed by atoms with Crippen LogP contribution < -0.4 is 11.1 Å². The average Bonchev–Trinajstić information content (AvgIpc) is 2.69. The van der Waals surface area contributed by atoms with Crippen LogP contribution in [0.3, 0.4) is 0 Å². The summed E-state index contributed by atoms with van der Waals surface area (Å²) >= 11 is 1.37. The van der Waals surface area contributed by atoms with Crippen LogP contribution in [0.25, 0.3) is 0 Å². The van der Waals surface area contributed by atoms with Crippen LogP contribution in [0.4, 0.5) is 5.69 Å². The summed E-state index contributed by atoms with van der Waals surface area (Å²) in [5.41, 5.74) is 6.37. The number of rotatable bonds is 3. The molecule has 0 bridgehead atoms. The number of amides is 1. The van der Waals surface area contributed by atoms with Gasteiger partial charge in [0.25, 0.3) is 5.91 Å². The first-order chi connectivity index (χ1) is 9.27. The zero-order valence-electron chi connectivity index (χ0n) is 11.5. The number of hydrogen-bond acceptors (Lipinski definition) is 5. The summed E-state index contributed by atoms with van der Waals surface area (Å²) in [5, 5.41) is 2.94. The second kappa shape index (κ2) is 5.71. The third-order valence-electron chi connectivity index (χ3n) is 3.44. The van der Waals surface area contributed by atoms with Crippen LogP contribution in [-0.4, -0.2) is 44.0 Å². The summed E-state index contributed by atoms with van der Waals surface area (Å²) < 4.78 is 24.3. The molecule has 0 atom stereocenters. The SMILES string of the molecule is Cc1sc(C(=O)NC2CCN(S(C)(=O)=O)CC2)cc1N. The van der Waals surface area contributed by atoms with Crippen molar-refractivity contribution in [3.8, 4) is 0 Å². The van der Waals surface area contributed by atoms with Gasteiger partial charge in [0, 0.05) is 29.7 Å². The van der Waals surface area contributed by atoms with E-state index < -0.39 is 10.0 Å². The highest BCUT2D eigenvalue weighted by Crippen LogP contribution is 2.23. The molecule has 0 radical (unpaired) electrons. The maximum atomic E-state index is 12.1. The molecule has 0 aromatic carbocycles. The summed E-state index contributed by atoms with van der Waals surface area (Å²) in [5.74, 6) is -0.132. The lowest BCUT2D eigenvalue weighted by molar-refractivity contribution is 0.0928. The fraction of sp³-hybridized carbons (Fsp3) is 0.583. The van der Waals surface area contributed by atoms with E-state index in [0.717, 1.165) is 4.88 Å².